The number of hydrogen-bond acceptors (Lipinski definition) is 5. The van der Waals surface area contributed by atoms with Crippen LogP contribution in [0.4, 0.5) is 13.2 Å². The Kier molecular flexibility index (Phi) is 6.84. The molecule has 0 fully saturated rings. The number of aryl methyl sites for hydroxylation is 1. The minimum Gasteiger partial charge on any atom is -0.493 e. The van der Waals surface area contributed by atoms with Gasteiger partial charge in [0.2, 0.25) is 5.78 Å². The van der Waals surface area contributed by atoms with Crippen molar-refractivity contribution in [2.24, 2.45) is 0 Å². The number of aromatic nitrogens is 1. The van der Waals surface area contributed by atoms with Crippen LogP contribution in [-0.2, 0) is 11.3 Å². The molecule has 0 amide bonds. The summed E-state index contributed by atoms with van der Waals surface area (Å²) in [5, 5.41) is 0.112. The van der Waals surface area contributed by atoms with E-state index in [1.54, 1.807) is 0 Å². The van der Waals surface area contributed by atoms with Crippen LogP contribution >= 0.6 is 11.6 Å². The molecule has 0 saturated carbocycles. The monoisotopic (exact) mass is 433 g/mol. The van der Waals surface area contributed by atoms with E-state index < -0.39 is 31.1 Å². The van der Waals surface area contributed by atoms with Gasteiger partial charge in [-0.1, -0.05) is 11.6 Å². The maximum absolute atomic E-state index is 12.7. The van der Waals surface area contributed by atoms with E-state index in [0.717, 1.165) is 4.57 Å². The number of benzene rings is 1. The Morgan fingerprint density at radius 1 is 1.10 bits per heavy atom. The molecule has 1 aromatic carbocycles. The fraction of sp³-hybridized carbons (Fsp3) is 0.368. The number of esters is 1. The molecule has 0 unspecified atom stereocenters. The summed E-state index contributed by atoms with van der Waals surface area (Å²) in [4.78, 5) is 24.6. The SMILES string of the molecule is COc1cc(C(=O)OCC(=O)c2cc(C)n(CC(F)(F)F)c2C)cc(Cl)c1OC. The zero-order chi connectivity index (χ0) is 21.9. The number of rotatable bonds is 7. The number of carbonyl (C=O) groups is 2. The molecule has 1 heterocycles. The first-order valence-corrected chi connectivity index (χ1v) is 8.71. The fourth-order valence-electron chi connectivity index (χ4n) is 2.83. The number of alkyl halides is 3. The normalized spacial score (nSPS) is 11.3. The van der Waals surface area contributed by atoms with Crippen LogP contribution in [0.25, 0.3) is 0 Å². The lowest BCUT2D eigenvalue weighted by molar-refractivity contribution is -0.141. The zero-order valence-electron chi connectivity index (χ0n) is 16.1. The van der Waals surface area contributed by atoms with Crippen molar-refractivity contribution in [3.63, 3.8) is 0 Å². The maximum atomic E-state index is 12.7. The smallest absolute Gasteiger partial charge is 0.406 e. The van der Waals surface area contributed by atoms with E-state index in [9.17, 15) is 22.8 Å². The quantitative estimate of drug-likeness (QED) is 0.479. The van der Waals surface area contributed by atoms with E-state index in [0.29, 0.717) is 0 Å². The standard InChI is InChI=1S/C19H19ClF3NO5/c1-10-5-13(11(2)24(10)9-19(21,22)23)15(25)8-29-18(26)12-6-14(20)17(28-4)16(7-12)27-3/h5-7H,8-9H2,1-4H3. The van der Waals surface area contributed by atoms with Gasteiger partial charge in [-0.15, -0.1) is 0 Å². The third kappa shape index (κ3) is 5.23. The lowest BCUT2D eigenvalue weighted by Gasteiger charge is -2.12. The van der Waals surface area contributed by atoms with E-state index >= 15 is 0 Å². The predicted molar refractivity (Wildman–Crippen MR) is 99.1 cm³/mol. The topological polar surface area (TPSA) is 66.8 Å². The summed E-state index contributed by atoms with van der Waals surface area (Å²) < 4.78 is 54.3. The van der Waals surface area contributed by atoms with Crippen LogP contribution < -0.4 is 9.47 Å². The molecule has 29 heavy (non-hydrogen) atoms. The minimum atomic E-state index is -4.42. The highest BCUT2D eigenvalue weighted by Gasteiger charge is 2.30. The van der Waals surface area contributed by atoms with Crippen molar-refractivity contribution in [3.05, 3.63) is 45.7 Å². The van der Waals surface area contributed by atoms with E-state index in [1.807, 2.05) is 0 Å². The highest BCUT2D eigenvalue weighted by molar-refractivity contribution is 6.32. The molecule has 2 rings (SSSR count). The Morgan fingerprint density at radius 2 is 1.76 bits per heavy atom. The first kappa shape index (κ1) is 22.6. The lowest BCUT2D eigenvalue weighted by atomic mass is 10.1. The second-order valence-electron chi connectivity index (χ2n) is 6.18. The van der Waals surface area contributed by atoms with Crippen LogP contribution in [0.1, 0.15) is 32.1 Å². The number of hydrogen-bond donors (Lipinski definition) is 0. The summed E-state index contributed by atoms with van der Waals surface area (Å²) in [6.45, 7) is 1.03. The van der Waals surface area contributed by atoms with Crippen molar-refractivity contribution in [2.75, 3.05) is 20.8 Å². The summed E-state index contributed by atoms with van der Waals surface area (Å²) in [6.07, 6.45) is -4.42. The van der Waals surface area contributed by atoms with Gasteiger partial charge in [-0.2, -0.15) is 13.2 Å². The van der Waals surface area contributed by atoms with Gasteiger partial charge in [-0.3, -0.25) is 4.79 Å². The molecular weight excluding hydrogens is 415 g/mol. The molecule has 158 valence electrons. The van der Waals surface area contributed by atoms with Gasteiger partial charge in [0, 0.05) is 17.0 Å². The van der Waals surface area contributed by atoms with E-state index in [1.165, 1.54) is 46.3 Å². The van der Waals surface area contributed by atoms with Crippen molar-refractivity contribution in [1.29, 1.82) is 0 Å². The van der Waals surface area contributed by atoms with Gasteiger partial charge in [0.15, 0.2) is 18.1 Å². The zero-order valence-corrected chi connectivity index (χ0v) is 16.9. The average Bonchev–Trinajstić information content (AvgIpc) is 2.91. The molecule has 0 aliphatic rings. The summed E-state index contributed by atoms with van der Waals surface area (Å²) in [5.41, 5.74) is 0.518. The van der Waals surface area contributed by atoms with Crippen molar-refractivity contribution in [1.82, 2.24) is 4.57 Å². The third-order valence-corrected chi connectivity index (χ3v) is 4.50. The molecule has 0 aliphatic carbocycles. The fourth-order valence-corrected chi connectivity index (χ4v) is 3.12. The number of halogens is 4. The Bertz CT molecular complexity index is 937. The van der Waals surface area contributed by atoms with Crippen LogP contribution in [0.15, 0.2) is 18.2 Å². The van der Waals surface area contributed by atoms with E-state index in [-0.39, 0.29) is 39.0 Å². The molecule has 0 radical (unpaired) electrons. The minimum absolute atomic E-state index is 0.0306. The van der Waals surface area contributed by atoms with Gasteiger partial charge in [0.05, 0.1) is 24.8 Å². The average molecular weight is 434 g/mol. The van der Waals surface area contributed by atoms with Crippen LogP contribution in [-0.4, -0.2) is 43.3 Å². The molecule has 10 heteroatoms. The van der Waals surface area contributed by atoms with Gasteiger partial charge in [-0.25, -0.2) is 4.79 Å². The molecule has 0 aliphatic heterocycles. The van der Waals surface area contributed by atoms with Crippen molar-refractivity contribution in [2.45, 2.75) is 26.6 Å². The summed E-state index contributed by atoms with van der Waals surface area (Å²) >= 11 is 6.04. The van der Waals surface area contributed by atoms with Gasteiger partial charge >= 0.3 is 12.1 Å². The van der Waals surface area contributed by atoms with Gasteiger partial charge in [-0.05, 0) is 32.0 Å². The van der Waals surface area contributed by atoms with Crippen LogP contribution in [0.2, 0.25) is 5.02 Å². The third-order valence-electron chi connectivity index (χ3n) is 4.22. The van der Waals surface area contributed by atoms with Crippen molar-refractivity contribution in [3.8, 4) is 11.5 Å². The lowest BCUT2D eigenvalue weighted by Crippen LogP contribution is -2.20. The number of Topliss-reactive ketones (excluding diaryl/α,β-unsaturated/α-hetero) is 1. The first-order valence-electron chi connectivity index (χ1n) is 8.33. The number of carbonyl (C=O) groups excluding carboxylic acids is 2. The van der Waals surface area contributed by atoms with E-state index in [2.05, 4.69) is 0 Å². The Morgan fingerprint density at radius 3 is 2.31 bits per heavy atom. The second kappa shape index (κ2) is 8.77. The molecule has 6 nitrogen and oxygen atoms in total. The number of ether oxygens (including phenoxy) is 3. The van der Waals surface area contributed by atoms with Crippen molar-refractivity contribution < 1.29 is 37.0 Å². The molecule has 0 spiro atoms. The van der Waals surface area contributed by atoms with Crippen molar-refractivity contribution >= 4 is 23.4 Å². The molecule has 0 N–H and O–H groups in total. The highest BCUT2D eigenvalue weighted by Crippen LogP contribution is 2.36. The Labute approximate surface area is 170 Å². The Balaban J connectivity index is 2.15. The van der Waals surface area contributed by atoms with Gasteiger partial charge in [0.25, 0.3) is 0 Å². The van der Waals surface area contributed by atoms with Crippen LogP contribution in [0.5, 0.6) is 11.5 Å². The molecule has 0 saturated heterocycles. The number of ketones is 1. The summed E-state index contributed by atoms with van der Waals surface area (Å²) in [6, 6.07) is 3.97. The van der Waals surface area contributed by atoms with Gasteiger partial charge < -0.3 is 18.8 Å². The molecular formula is C19H19ClF3NO5. The van der Waals surface area contributed by atoms with Crippen LogP contribution in [0.3, 0.4) is 0 Å². The number of nitrogens with zero attached hydrogens (tertiary/aromatic N) is 1. The molecule has 2 aromatic rings. The maximum Gasteiger partial charge on any atom is 0.406 e. The van der Waals surface area contributed by atoms with Crippen LogP contribution in [0, 0.1) is 13.8 Å². The highest BCUT2D eigenvalue weighted by atomic mass is 35.5. The van der Waals surface area contributed by atoms with Gasteiger partial charge in [0.1, 0.15) is 6.54 Å². The Hall–Kier alpha value is -2.68. The second-order valence-corrected chi connectivity index (χ2v) is 6.59. The summed E-state index contributed by atoms with van der Waals surface area (Å²) in [5.74, 6) is -1.02. The number of methoxy groups -OCH3 is 2. The molecule has 0 bridgehead atoms. The first-order chi connectivity index (χ1) is 13.5. The largest absolute Gasteiger partial charge is 0.493 e. The van der Waals surface area contributed by atoms with E-state index in [4.69, 9.17) is 25.8 Å². The predicted octanol–water partition coefficient (Wildman–Crippen LogP) is 4.38. The molecule has 1 aromatic heterocycles. The molecule has 0 atom stereocenters. The summed E-state index contributed by atoms with van der Waals surface area (Å²) in [7, 11) is 2.75.